The van der Waals surface area contributed by atoms with E-state index in [4.69, 9.17) is 5.11 Å². The Balaban J connectivity index is 1.88. The molecule has 1 aliphatic rings. The van der Waals surface area contributed by atoms with Crippen LogP contribution in [-0.2, 0) is 4.79 Å². The highest BCUT2D eigenvalue weighted by atomic mass is 32.2. The summed E-state index contributed by atoms with van der Waals surface area (Å²) in [6.07, 6.45) is 5.84. The highest BCUT2D eigenvalue weighted by Gasteiger charge is 2.26. The SMILES string of the molecule is CCSC1CCC(NC(=O)c2ccc(/C=C/C(=O)O)s2)C1. The van der Waals surface area contributed by atoms with E-state index in [1.54, 1.807) is 12.1 Å². The molecule has 1 heterocycles. The maximum absolute atomic E-state index is 12.2. The fourth-order valence-electron chi connectivity index (χ4n) is 2.43. The average Bonchev–Trinajstić information content (AvgIpc) is 3.06. The zero-order valence-corrected chi connectivity index (χ0v) is 13.5. The Bertz CT molecular complexity index is 539. The van der Waals surface area contributed by atoms with Crippen LogP contribution >= 0.6 is 23.1 Å². The molecule has 4 nitrogen and oxygen atoms in total. The van der Waals surface area contributed by atoms with E-state index >= 15 is 0 Å². The van der Waals surface area contributed by atoms with Crippen molar-refractivity contribution < 1.29 is 14.7 Å². The van der Waals surface area contributed by atoms with Gasteiger partial charge in [0.2, 0.25) is 0 Å². The van der Waals surface area contributed by atoms with E-state index in [2.05, 4.69) is 12.2 Å². The Hall–Kier alpha value is -1.27. The molecule has 2 unspecified atom stereocenters. The zero-order chi connectivity index (χ0) is 15.2. The Morgan fingerprint density at radius 1 is 1.48 bits per heavy atom. The van der Waals surface area contributed by atoms with Gasteiger partial charge in [0.05, 0.1) is 4.88 Å². The van der Waals surface area contributed by atoms with Gasteiger partial charge in [0.15, 0.2) is 0 Å². The first-order valence-electron chi connectivity index (χ1n) is 7.01. The third kappa shape index (κ3) is 4.89. The highest BCUT2D eigenvalue weighted by molar-refractivity contribution is 7.99. The monoisotopic (exact) mass is 325 g/mol. The van der Waals surface area contributed by atoms with Crippen molar-refractivity contribution in [2.24, 2.45) is 0 Å². The molecular formula is C15H19NO3S2. The Kier molecular flexibility index (Phi) is 5.87. The second-order valence-corrected chi connectivity index (χ2v) is 7.63. The van der Waals surface area contributed by atoms with Crippen molar-refractivity contribution in [2.75, 3.05) is 5.75 Å². The number of carbonyl (C=O) groups excluding carboxylic acids is 1. The third-order valence-electron chi connectivity index (χ3n) is 3.36. The molecule has 114 valence electrons. The molecule has 0 spiro atoms. The maximum Gasteiger partial charge on any atom is 0.328 e. The van der Waals surface area contributed by atoms with Gasteiger partial charge < -0.3 is 10.4 Å². The van der Waals surface area contributed by atoms with Gasteiger partial charge >= 0.3 is 5.97 Å². The number of amides is 1. The molecule has 2 atom stereocenters. The summed E-state index contributed by atoms with van der Waals surface area (Å²) in [6.45, 7) is 2.16. The quantitative estimate of drug-likeness (QED) is 0.788. The van der Waals surface area contributed by atoms with Gasteiger partial charge in [0, 0.05) is 22.2 Å². The molecule has 0 aliphatic heterocycles. The van der Waals surface area contributed by atoms with E-state index < -0.39 is 5.97 Å². The summed E-state index contributed by atoms with van der Waals surface area (Å²) in [5.74, 6) is 0.0807. The smallest absolute Gasteiger partial charge is 0.328 e. The summed E-state index contributed by atoms with van der Waals surface area (Å²) in [5.41, 5.74) is 0. The maximum atomic E-state index is 12.2. The van der Waals surface area contributed by atoms with Crippen LogP contribution in [0.25, 0.3) is 6.08 Å². The summed E-state index contributed by atoms with van der Waals surface area (Å²) in [5, 5.41) is 12.3. The largest absolute Gasteiger partial charge is 0.478 e. The molecule has 21 heavy (non-hydrogen) atoms. The number of thioether (sulfide) groups is 1. The van der Waals surface area contributed by atoms with Crippen LogP contribution in [0.5, 0.6) is 0 Å². The van der Waals surface area contributed by atoms with Crippen molar-refractivity contribution in [3.63, 3.8) is 0 Å². The van der Waals surface area contributed by atoms with E-state index in [-0.39, 0.29) is 11.9 Å². The first-order chi connectivity index (χ1) is 10.1. The summed E-state index contributed by atoms with van der Waals surface area (Å²) in [6, 6.07) is 3.78. The van der Waals surface area contributed by atoms with Gasteiger partial charge in [-0.25, -0.2) is 4.79 Å². The molecule has 1 aromatic rings. The lowest BCUT2D eigenvalue weighted by molar-refractivity contribution is -0.131. The van der Waals surface area contributed by atoms with E-state index in [0.717, 1.165) is 29.5 Å². The molecule has 1 aromatic heterocycles. The fraction of sp³-hybridized carbons (Fsp3) is 0.467. The lowest BCUT2D eigenvalue weighted by atomic mass is 10.2. The van der Waals surface area contributed by atoms with Crippen molar-refractivity contribution in [2.45, 2.75) is 37.5 Å². The van der Waals surface area contributed by atoms with Crippen molar-refractivity contribution in [1.82, 2.24) is 5.32 Å². The molecule has 1 amide bonds. The van der Waals surface area contributed by atoms with Crippen molar-refractivity contribution in [1.29, 1.82) is 0 Å². The Morgan fingerprint density at radius 2 is 2.29 bits per heavy atom. The van der Waals surface area contributed by atoms with Crippen LogP contribution in [0.1, 0.15) is 40.7 Å². The summed E-state index contributed by atoms with van der Waals surface area (Å²) < 4.78 is 0. The van der Waals surface area contributed by atoms with Gasteiger partial charge in [0.1, 0.15) is 0 Å². The second kappa shape index (κ2) is 7.66. The number of carboxylic acid groups (broad SMARTS) is 1. The van der Waals surface area contributed by atoms with Crippen LogP contribution in [-0.4, -0.2) is 34.0 Å². The van der Waals surface area contributed by atoms with Crippen LogP contribution in [0.15, 0.2) is 18.2 Å². The van der Waals surface area contributed by atoms with Crippen LogP contribution in [0.3, 0.4) is 0 Å². The van der Waals surface area contributed by atoms with Crippen molar-refractivity contribution >= 4 is 41.1 Å². The number of hydrogen-bond donors (Lipinski definition) is 2. The minimum atomic E-state index is -0.986. The van der Waals surface area contributed by atoms with Gasteiger partial charge in [-0.1, -0.05) is 6.92 Å². The lowest BCUT2D eigenvalue weighted by Gasteiger charge is -2.12. The van der Waals surface area contributed by atoms with E-state index in [0.29, 0.717) is 10.1 Å². The van der Waals surface area contributed by atoms with E-state index in [1.165, 1.54) is 23.8 Å². The predicted octanol–water partition coefficient (Wildman–Crippen LogP) is 3.25. The highest BCUT2D eigenvalue weighted by Crippen LogP contribution is 2.30. The average molecular weight is 325 g/mol. The topological polar surface area (TPSA) is 66.4 Å². The van der Waals surface area contributed by atoms with Crippen LogP contribution in [0.2, 0.25) is 0 Å². The summed E-state index contributed by atoms with van der Waals surface area (Å²) in [7, 11) is 0. The van der Waals surface area contributed by atoms with Crippen LogP contribution in [0.4, 0.5) is 0 Å². The normalized spacial score (nSPS) is 21.8. The molecule has 1 aliphatic carbocycles. The number of aliphatic carboxylic acids is 1. The van der Waals surface area contributed by atoms with E-state index in [1.807, 2.05) is 11.8 Å². The number of hydrogen-bond acceptors (Lipinski definition) is 4. The molecule has 2 rings (SSSR count). The predicted molar refractivity (Wildman–Crippen MR) is 88.0 cm³/mol. The van der Waals surface area contributed by atoms with Gasteiger partial charge in [-0.3, -0.25) is 4.79 Å². The summed E-state index contributed by atoms with van der Waals surface area (Å²) in [4.78, 5) is 24.0. The lowest BCUT2D eigenvalue weighted by Crippen LogP contribution is -2.32. The molecule has 0 saturated heterocycles. The van der Waals surface area contributed by atoms with E-state index in [9.17, 15) is 9.59 Å². The van der Waals surface area contributed by atoms with Gasteiger partial charge in [-0.05, 0) is 43.2 Å². The number of carbonyl (C=O) groups is 2. The van der Waals surface area contributed by atoms with Gasteiger partial charge in [0.25, 0.3) is 5.91 Å². The molecule has 6 heteroatoms. The molecular weight excluding hydrogens is 306 g/mol. The minimum Gasteiger partial charge on any atom is -0.478 e. The number of carboxylic acids is 1. The minimum absolute atomic E-state index is 0.0536. The fourth-order valence-corrected chi connectivity index (χ4v) is 4.39. The molecule has 0 bridgehead atoms. The van der Waals surface area contributed by atoms with Gasteiger partial charge in [-0.15, -0.1) is 11.3 Å². The van der Waals surface area contributed by atoms with Crippen LogP contribution in [0, 0.1) is 0 Å². The van der Waals surface area contributed by atoms with Crippen molar-refractivity contribution in [3.8, 4) is 0 Å². The molecule has 2 N–H and O–H groups in total. The Morgan fingerprint density at radius 3 is 3.00 bits per heavy atom. The summed E-state index contributed by atoms with van der Waals surface area (Å²) >= 11 is 3.28. The van der Waals surface area contributed by atoms with Crippen LogP contribution < -0.4 is 5.32 Å². The number of thiophene rings is 1. The number of nitrogens with one attached hydrogen (secondary N) is 1. The standard InChI is InChI=1S/C15H19NO3S2/c1-2-20-12-4-3-10(9-12)16-15(19)13-7-5-11(21-13)6-8-14(17)18/h5-8,10,12H,2-4,9H2,1H3,(H,16,19)(H,17,18)/b8-6+. The Labute approximate surface area is 132 Å². The number of rotatable bonds is 6. The van der Waals surface area contributed by atoms with Crippen molar-refractivity contribution in [3.05, 3.63) is 28.0 Å². The molecule has 0 radical (unpaired) electrons. The third-order valence-corrected chi connectivity index (χ3v) is 5.65. The molecule has 0 aromatic carbocycles. The molecule has 1 fully saturated rings. The van der Waals surface area contributed by atoms with Gasteiger partial charge in [-0.2, -0.15) is 11.8 Å². The first kappa shape index (κ1) is 16.1. The first-order valence-corrected chi connectivity index (χ1v) is 8.88. The second-order valence-electron chi connectivity index (χ2n) is 4.93. The zero-order valence-electron chi connectivity index (χ0n) is 11.9. The molecule has 1 saturated carbocycles.